The van der Waals surface area contributed by atoms with Gasteiger partial charge in [0.1, 0.15) is 0 Å². The molecule has 0 aliphatic carbocycles. The molecule has 1 amide bonds. The number of carboxylic acids is 2. The summed E-state index contributed by atoms with van der Waals surface area (Å²) < 4.78 is 13.5. The quantitative estimate of drug-likeness (QED) is 0.266. The van der Waals surface area contributed by atoms with Crippen LogP contribution in [-0.4, -0.2) is 92.5 Å². The third-order valence-electron chi connectivity index (χ3n) is 10.0. The van der Waals surface area contributed by atoms with E-state index in [1.54, 1.807) is 41.3 Å². The molecule has 4 unspecified atom stereocenters. The van der Waals surface area contributed by atoms with E-state index in [1.165, 1.54) is 25.0 Å². The molecule has 4 N–H and O–H groups in total. The number of amides is 1. The summed E-state index contributed by atoms with van der Waals surface area (Å²) in [5.74, 6) is -4.81. The van der Waals surface area contributed by atoms with Gasteiger partial charge in [-0.1, -0.05) is 53.9 Å². The Kier molecular flexibility index (Phi) is 10.2. The van der Waals surface area contributed by atoms with Crippen LogP contribution in [-0.2, 0) is 25.6 Å². The molecule has 10 nitrogen and oxygen atoms in total. The molecule has 47 heavy (non-hydrogen) atoms. The van der Waals surface area contributed by atoms with Gasteiger partial charge in [0.05, 0.1) is 29.2 Å². The Labute approximate surface area is 287 Å². The van der Waals surface area contributed by atoms with Crippen molar-refractivity contribution in [2.75, 3.05) is 25.9 Å². The van der Waals surface area contributed by atoms with E-state index in [9.17, 15) is 29.1 Å². The summed E-state index contributed by atoms with van der Waals surface area (Å²) in [4.78, 5) is 44.3. The lowest BCUT2D eigenvalue weighted by atomic mass is 9.79. The predicted molar refractivity (Wildman–Crippen MR) is 180 cm³/mol. The first-order valence-corrected chi connectivity index (χ1v) is 17.9. The number of likely N-dealkylation sites (N-methyl/N-ethyl adjacent to an activating group) is 1. The molecule has 0 aromatic heterocycles. The molecule has 2 bridgehead atoms. The van der Waals surface area contributed by atoms with Crippen LogP contribution in [0.4, 0.5) is 0 Å². The Morgan fingerprint density at radius 2 is 1.66 bits per heavy atom. The lowest BCUT2D eigenvalue weighted by Crippen LogP contribution is -2.48. The maximum absolute atomic E-state index is 13.8. The second-order valence-electron chi connectivity index (χ2n) is 12.7. The van der Waals surface area contributed by atoms with Crippen molar-refractivity contribution in [1.29, 1.82) is 0 Å². The first kappa shape index (κ1) is 33.8. The van der Waals surface area contributed by atoms with Gasteiger partial charge in [-0.25, -0.2) is 9.59 Å². The molecule has 13 heteroatoms. The van der Waals surface area contributed by atoms with Gasteiger partial charge in [-0.3, -0.25) is 9.69 Å². The number of hydrogen-bond acceptors (Lipinski definition) is 7. The van der Waals surface area contributed by atoms with Gasteiger partial charge in [-0.2, -0.15) is 0 Å². The molecule has 4 heterocycles. The largest absolute Gasteiger partial charge is 0.611 e. The van der Waals surface area contributed by atoms with Crippen molar-refractivity contribution in [3.8, 4) is 0 Å². The molecule has 0 radical (unpaired) electrons. The number of benzene rings is 2. The number of rotatable bonds is 10. The minimum Gasteiger partial charge on any atom is -0.611 e. The van der Waals surface area contributed by atoms with E-state index in [4.69, 9.17) is 23.2 Å². The fourth-order valence-electron chi connectivity index (χ4n) is 7.76. The van der Waals surface area contributed by atoms with E-state index >= 15 is 0 Å². The van der Waals surface area contributed by atoms with Crippen LogP contribution >= 0.6 is 23.2 Å². The van der Waals surface area contributed by atoms with Crippen LogP contribution in [0.1, 0.15) is 50.0 Å². The van der Waals surface area contributed by atoms with E-state index in [-0.39, 0.29) is 62.3 Å². The highest BCUT2D eigenvalue weighted by Gasteiger charge is 2.44. The van der Waals surface area contributed by atoms with Crippen LogP contribution in [0.5, 0.6) is 0 Å². The first-order chi connectivity index (χ1) is 22.5. The Morgan fingerprint density at radius 3 is 2.32 bits per heavy atom. The third kappa shape index (κ3) is 6.93. The van der Waals surface area contributed by atoms with Crippen molar-refractivity contribution in [2.45, 2.75) is 73.5 Å². The molecule has 250 valence electrons. The molecule has 3 fully saturated rings. The molecule has 0 saturated carbocycles. The molecular weight excluding hydrogens is 663 g/mol. The maximum atomic E-state index is 13.8. The average molecular weight is 702 g/mol. The van der Waals surface area contributed by atoms with Gasteiger partial charge in [0.25, 0.3) is 0 Å². The van der Waals surface area contributed by atoms with Crippen molar-refractivity contribution in [2.24, 2.45) is 0 Å². The van der Waals surface area contributed by atoms with Gasteiger partial charge >= 0.3 is 11.9 Å². The van der Waals surface area contributed by atoms with Gasteiger partial charge < -0.3 is 30.3 Å². The number of dihydropyridines is 1. The van der Waals surface area contributed by atoms with Crippen LogP contribution in [0, 0.1) is 0 Å². The van der Waals surface area contributed by atoms with Crippen molar-refractivity contribution < 1.29 is 29.1 Å². The van der Waals surface area contributed by atoms with Crippen LogP contribution in [0.3, 0.4) is 0 Å². The van der Waals surface area contributed by atoms with E-state index in [0.717, 1.165) is 19.3 Å². The van der Waals surface area contributed by atoms with Gasteiger partial charge in [0.15, 0.2) is 10.6 Å². The molecular formula is C34H38Cl2N4O6S. The van der Waals surface area contributed by atoms with Crippen LogP contribution in [0.2, 0.25) is 10.0 Å². The zero-order valence-electron chi connectivity index (χ0n) is 26.0. The van der Waals surface area contributed by atoms with Crippen molar-refractivity contribution >= 4 is 52.2 Å². The molecule has 6 rings (SSSR count). The minimum atomic E-state index is -1.69. The Hall–Kier alpha value is -3.06. The fourth-order valence-corrected chi connectivity index (χ4v) is 9.49. The van der Waals surface area contributed by atoms with Crippen molar-refractivity contribution in [1.82, 2.24) is 20.4 Å². The van der Waals surface area contributed by atoms with Crippen LogP contribution in [0.15, 0.2) is 76.0 Å². The van der Waals surface area contributed by atoms with Crippen molar-refractivity contribution in [3.05, 3.63) is 86.7 Å². The first-order valence-electron chi connectivity index (χ1n) is 15.9. The number of hydrogen-bond donors (Lipinski definition) is 4. The number of fused-ring (bicyclic) bond motifs is 2. The fraction of sp³-hybridized carbons (Fsp3) is 0.441. The predicted octanol–water partition coefficient (Wildman–Crippen LogP) is 4.37. The van der Waals surface area contributed by atoms with Gasteiger partial charge in [0.2, 0.25) is 5.91 Å². The Balaban J connectivity index is 1.29. The third-order valence-corrected chi connectivity index (χ3v) is 12.0. The average Bonchev–Trinajstić information content (AvgIpc) is 3.54. The highest BCUT2D eigenvalue weighted by Crippen LogP contribution is 2.45. The van der Waals surface area contributed by atoms with E-state index in [2.05, 4.69) is 22.6 Å². The lowest BCUT2D eigenvalue weighted by Gasteiger charge is -2.33. The highest BCUT2D eigenvalue weighted by atomic mass is 35.5. The SMILES string of the molecule is CN1C2CCCC1C(N[C@H]1CCN(C(=O)CC3=C(C(=O)O)C(c4c(Cl)cccc4Cl)C(C(=O)O)=C(C[S@+]([O-])c4ccccc4)N3)C1)C2. The smallest absolute Gasteiger partial charge is 0.334 e. The van der Waals surface area contributed by atoms with Crippen LogP contribution in [0.25, 0.3) is 0 Å². The highest BCUT2D eigenvalue weighted by molar-refractivity contribution is 7.91. The molecule has 0 spiro atoms. The zero-order chi connectivity index (χ0) is 33.4. The molecule has 4 aliphatic heterocycles. The topological polar surface area (TPSA) is 145 Å². The van der Waals surface area contributed by atoms with E-state index in [1.807, 2.05) is 0 Å². The summed E-state index contributed by atoms with van der Waals surface area (Å²) in [7, 11) is 2.20. The standard InChI is InChI=1S/C34H38Cl2N4O6S/c1-39-20-7-5-12-27(39)24(15-20)37-19-13-14-40(17-19)28(41)16-25-30(33(42)43)32(29-22(35)10-6-11-23(29)36)31(34(44)45)26(38-25)18-47(46)21-8-3-2-4-9-21/h2-4,6,8-11,19-20,24,27,32,37-38H,5,7,12-18H2,1H3,(H,42,43)(H,44,45)/t19-,20?,24?,27?,32?,47-/m0/s1. The maximum Gasteiger partial charge on any atom is 0.334 e. The number of nitrogens with one attached hydrogen (secondary N) is 2. The number of nitrogens with zero attached hydrogens (tertiary/aromatic N) is 2. The molecule has 6 atom stereocenters. The summed E-state index contributed by atoms with van der Waals surface area (Å²) >= 11 is 11.4. The lowest BCUT2D eigenvalue weighted by molar-refractivity contribution is -0.133. The van der Waals surface area contributed by atoms with Gasteiger partial charge in [0, 0.05) is 58.6 Å². The second-order valence-corrected chi connectivity index (χ2v) is 15.0. The number of carbonyl (C=O) groups excluding carboxylic acids is 1. The van der Waals surface area contributed by atoms with E-state index in [0.29, 0.717) is 36.1 Å². The minimum absolute atomic E-state index is 0.0242. The number of halogens is 2. The van der Waals surface area contributed by atoms with Crippen LogP contribution < -0.4 is 10.6 Å². The Bertz CT molecular complexity index is 1600. The summed E-state index contributed by atoms with van der Waals surface area (Å²) in [6, 6.07) is 14.7. The number of likely N-dealkylation sites (tertiary alicyclic amines) is 1. The second kappa shape index (κ2) is 14.2. The molecule has 2 aromatic rings. The summed E-state index contributed by atoms with van der Waals surface area (Å²) in [5.41, 5.74) is -0.524. The number of carbonyl (C=O) groups is 3. The number of piperidine rings is 1. The van der Waals surface area contributed by atoms with Crippen molar-refractivity contribution in [3.63, 3.8) is 0 Å². The zero-order valence-corrected chi connectivity index (χ0v) is 28.3. The van der Waals surface area contributed by atoms with Gasteiger partial charge in [-0.05, 0) is 68.2 Å². The number of carboxylic acid groups (broad SMARTS) is 2. The molecule has 2 aromatic carbocycles. The number of aliphatic carboxylic acids is 2. The normalized spacial score (nSPS) is 26.8. The molecule has 3 saturated heterocycles. The Morgan fingerprint density at radius 1 is 0.979 bits per heavy atom. The summed E-state index contributed by atoms with van der Waals surface area (Å²) in [6.45, 7) is 1.01. The molecule has 4 aliphatic rings. The summed E-state index contributed by atoms with van der Waals surface area (Å²) in [6.07, 6.45) is 5.18. The van der Waals surface area contributed by atoms with E-state index < -0.39 is 29.0 Å². The summed E-state index contributed by atoms with van der Waals surface area (Å²) in [5, 5.41) is 27.9. The monoisotopic (exact) mass is 700 g/mol. The van der Waals surface area contributed by atoms with Gasteiger partial charge in [-0.15, -0.1) is 0 Å².